The van der Waals surface area contributed by atoms with Gasteiger partial charge < -0.3 is 10.4 Å². The summed E-state index contributed by atoms with van der Waals surface area (Å²) < 4.78 is 13.7. The molecule has 0 atom stereocenters. The molecular weight excluding hydrogens is 313 g/mol. The van der Waals surface area contributed by atoms with Crippen molar-refractivity contribution in [2.75, 3.05) is 6.61 Å². The molecule has 0 saturated carbocycles. The van der Waals surface area contributed by atoms with Crippen molar-refractivity contribution in [3.8, 4) is 11.8 Å². The monoisotopic (exact) mass is 323 g/mol. The zero-order chi connectivity index (χ0) is 15.2. The number of halogens is 2. The number of carbonyl (C=O) groups is 1. The molecule has 6 heteroatoms. The van der Waals surface area contributed by atoms with Gasteiger partial charge in [-0.05, 0) is 18.2 Å². The van der Waals surface area contributed by atoms with Crippen molar-refractivity contribution >= 4 is 28.8 Å². The van der Waals surface area contributed by atoms with E-state index in [1.807, 2.05) is 11.4 Å². The van der Waals surface area contributed by atoms with Crippen LogP contribution in [0, 0.1) is 17.7 Å². The fraction of sp³-hybridized carbons (Fsp3) is 0.133. The second kappa shape index (κ2) is 7.23. The van der Waals surface area contributed by atoms with Gasteiger partial charge in [-0.3, -0.25) is 4.79 Å². The van der Waals surface area contributed by atoms with Gasteiger partial charge in [-0.25, -0.2) is 4.39 Å². The zero-order valence-corrected chi connectivity index (χ0v) is 12.4. The number of amides is 1. The number of nitrogens with one attached hydrogen (secondary N) is 1. The molecule has 2 aromatic rings. The highest BCUT2D eigenvalue weighted by atomic mass is 35.5. The minimum Gasteiger partial charge on any atom is -0.384 e. The Bertz CT molecular complexity index is 718. The van der Waals surface area contributed by atoms with Gasteiger partial charge in [0.15, 0.2) is 5.82 Å². The van der Waals surface area contributed by atoms with Crippen LogP contribution in [0.3, 0.4) is 0 Å². The maximum atomic E-state index is 13.7. The van der Waals surface area contributed by atoms with Gasteiger partial charge in [-0.15, -0.1) is 11.3 Å². The highest BCUT2D eigenvalue weighted by Gasteiger charge is 2.13. The number of hydrogen-bond acceptors (Lipinski definition) is 3. The van der Waals surface area contributed by atoms with Gasteiger partial charge in [0.05, 0.1) is 17.1 Å². The molecule has 0 aliphatic carbocycles. The Kier molecular flexibility index (Phi) is 5.34. The standard InChI is InChI=1S/C15H11ClFNO2S/c16-13-5-1-4-12(14(13)17)15(20)18-8-11-7-10(9-21-11)3-2-6-19/h1,4-5,7,9,19H,6,8H2,(H,18,20). The highest BCUT2D eigenvalue weighted by Crippen LogP contribution is 2.18. The summed E-state index contributed by atoms with van der Waals surface area (Å²) in [6.07, 6.45) is 0. The number of benzene rings is 1. The van der Waals surface area contributed by atoms with Crippen molar-refractivity contribution < 1.29 is 14.3 Å². The molecule has 0 aliphatic heterocycles. The van der Waals surface area contributed by atoms with Crippen LogP contribution in [0.15, 0.2) is 29.6 Å². The first-order valence-corrected chi connectivity index (χ1v) is 7.27. The summed E-state index contributed by atoms with van der Waals surface area (Å²) in [6.45, 7) is 0.0756. The van der Waals surface area contributed by atoms with E-state index in [0.29, 0.717) is 0 Å². The fourth-order valence-electron chi connectivity index (χ4n) is 1.62. The second-order valence-corrected chi connectivity index (χ2v) is 5.45. The van der Waals surface area contributed by atoms with Crippen molar-refractivity contribution in [3.63, 3.8) is 0 Å². The van der Waals surface area contributed by atoms with Crippen molar-refractivity contribution in [1.29, 1.82) is 0 Å². The van der Waals surface area contributed by atoms with Crippen LogP contribution in [0.5, 0.6) is 0 Å². The minimum atomic E-state index is -0.725. The Morgan fingerprint density at radius 2 is 2.29 bits per heavy atom. The molecule has 0 radical (unpaired) electrons. The van der Waals surface area contributed by atoms with E-state index in [1.54, 1.807) is 0 Å². The Hall–Kier alpha value is -1.87. The number of aliphatic hydroxyl groups is 1. The minimum absolute atomic E-state index is 0.0830. The molecule has 0 spiro atoms. The van der Waals surface area contributed by atoms with Gasteiger partial charge in [-0.1, -0.05) is 29.5 Å². The lowest BCUT2D eigenvalue weighted by Gasteiger charge is -2.05. The van der Waals surface area contributed by atoms with E-state index in [4.69, 9.17) is 16.7 Å². The Balaban J connectivity index is 2.01. The molecule has 0 bridgehead atoms. The van der Waals surface area contributed by atoms with Gasteiger partial charge in [0.1, 0.15) is 6.61 Å². The molecule has 0 fully saturated rings. The van der Waals surface area contributed by atoms with E-state index in [-0.39, 0.29) is 23.7 Å². The smallest absolute Gasteiger partial charge is 0.254 e. The van der Waals surface area contributed by atoms with E-state index in [0.717, 1.165) is 10.4 Å². The summed E-state index contributed by atoms with van der Waals surface area (Å²) in [7, 11) is 0. The molecule has 1 heterocycles. The largest absolute Gasteiger partial charge is 0.384 e. The highest BCUT2D eigenvalue weighted by molar-refractivity contribution is 7.10. The number of carbonyl (C=O) groups excluding carboxylic acids is 1. The molecule has 3 nitrogen and oxygen atoms in total. The third kappa shape index (κ3) is 4.05. The normalized spacial score (nSPS) is 9.86. The quantitative estimate of drug-likeness (QED) is 0.853. The van der Waals surface area contributed by atoms with E-state index >= 15 is 0 Å². The fourth-order valence-corrected chi connectivity index (χ4v) is 2.55. The molecule has 21 heavy (non-hydrogen) atoms. The van der Waals surface area contributed by atoms with E-state index in [9.17, 15) is 9.18 Å². The number of hydrogen-bond donors (Lipinski definition) is 2. The van der Waals surface area contributed by atoms with Crippen LogP contribution < -0.4 is 5.32 Å². The van der Waals surface area contributed by atoms with Gasteiger partial charge in [-0.2, -0.15) is 0 Å². The van der Waals surface area contributed by atoms with Crippen LogP contribution >= 0.6 is 22.9 Å². The molecule has 108 valence electrons. The third-order valence-electron chi connectivity index (χ3n) is 2.58. The zero-order valence-electron chi connectivity index (χ0n) is 10.8. The van der Waals surface area contributed by atoms with Crippen molar-refractivity contribution in [3.05, 3.63) is 56.5 Å². The van der Waals surface area contributed by atoms with Crippen LogP contribution in [0.4, 0.5) is 4.39 Å². The summed E-state index contributed by atoms with van der Waals surface area (Å²) in [5.41, 5.74) is 0.687. The predicted molar refractivity (Wildman–Crippen MR) is 80.9 cm³/mol. The molecule has 1 aromatic carbocycles. The van der Waals surface area contributed by atoms with Crippen LogP contribution in [0.2, 0.25) is 5.02 Å². The summed E-state index contributed by atoms with van der Waals surface area (Å²) >= 11 is 7.06. The van der Waals surface area contributed by atoms with Crippen LogP contribution in [0.1, 0.15) is 20.8 Å². The van der Waals surface area contributed by atoms with E-state index in [1.165, 1.54) is 29.5 Å². The van der Waals surface area contributed by atoms with Crippen LogP contribution in [-0.4, -0.2) is 17.6 Å². The molecule has 1 amide bonds. The summed E-state index contributed by atoms with van der Waals surface area (Å²) in [5, 5.41) is 13.0. The summed E-state index contributed by atoms with van der Waals surface area (Å²) in [6, 6.07) is 6.10. The SMILES string of the molecule is O=C(NCc1cc(C#CCO)cs1)c1cccc(Cl)c1F. The Morgan fingerprint density at radius 3 is 3.05 bits per heavy atom. The molecule has 2 rings (SSSR count). The van der Waals surface area contributed by atoms with E-state index in [2.05, 4.69) is 17.2 Å². The van der Waals surface area contributed by atoms with Gasteiger partial charge in [0, 0.05) is 15.8 Å². The lowest BCUT2D eigenvalue weighted by atomic mass is 10.2. The van der Waals surface area contributed by atoms with E-state index < -0.39 is 11.7 Å². The predicted octanol–water partition coefficient (Wildman–Crippen LogP) is 2.81. The van der Waals surface area contributed by atoms with Crippen molar-refractivity contribution in [2.45, 2.75) is 6.54 Å². The summed E-state index contributed by atoms with van der Waals surface area (Å²) in [5.74, 6) is 4.07. The van der Waals surface area contributed by atoms with Crippen LogP contribution in [0.25, 0.3) is 0 Å². The lowest BCUT2D eigenvalue weighted by Crippen LogP contribution is -2.23. The molecule has 2 N–H and O–H groups in total. The van der Waals surface area contributed by atoms with Gasteiger partial charge in [0.25, 0.3) is 5.91 Å². The number of thiophene rings is 1. The number of aliphatic hydroxyl groups excluding tert-OH is 1. The van der Waals surface area contributed by atoms with Gasteiger partial charge in [0.2, 0.25) is 0 Å². The average Bonchev–Trinajstić information content (AvgIpc) is 2.93. The van der Waals surface area contributed by atoms with Crippen LogP contribution in [-0.2, 0) is 6.54 Å². The second-order valence-electron chi connectivity index (χ2n) is 4.05. The molecule has 0 saturated heterocycles. The first-order chi connectivity index (χ1) is 10.1. The topological polar surface area (TPSA) is 49.3 Å². The Labute approximate surface area is 130 Å². The van der Waals surface area contributed by atoms with Crippen molar-refractivity contribution in [1.82, 2.24) is 5.32 Å². The molecule has 1 aromatic heterocycles. The average molecular weight is 324 g/mol. The third-order valence-corrected chi connectivity index (χ3v) is 3.81. The first-order valence-electron chi connectivity index (χ1n) is 6.01. The molecule has 0 aliphatic rings. The lowest BCUT2D eigenvalue weighted by molar-refractivity contribution is 0.0947. The Morgan fingerprint density at radius 1 is 1.48 bits per heavy atom. The maximum absolute atomic E-state index is 13.7. The number of rotatable bonds is 3. The first kappa shape index (κ1) is 15.5. The maximum Gasteiger partial charge on any atom is 0.254 e. The van der Waals surface area contributed by atoms with Crippen molar-refractivity contribution in [2.24, 2.45) is 0 Å². The van der Waals surface area contributed by atoms with Gasteiger partial charge >= 0.3 is 0 Å². The molecule has 0 unspecified atom stereocenters. The summed E-state index contributed by atoms with van der Waals surface area (Å²) in [4.78, 5) is 12.8. The molecular formula is C15H11ClFNO2S.